The van der Waals surface area contributed by atoms with Gasteiger partial charge in [0.1, 0.15) is 24.6 Å². The summed E-state index contributed by atoms with van der Waals surface area (Å²) in [5.74, 6) is -1.53. The van der Waals surface area contributed by atoms with Gasteiger partial charge in [0.25, 0.3) is 0 Å². The Labute approximate surface area is 186 Å². The van der Waals surface area contributed by atoms with E-state index in [0.717, 1.165) is 0 Å². The number of fused-ring (bicyclic) bond motifs is 3. The summed E-state index contributed by atoms with van der Waals surface area (Å²) >= 11 is 0. The minimum atomic E-state index is -1.07. The molecule has 0 radical (unpaired) electrons. The minimum absolute atomic E-state index is 0.0125. The number of hydrogen-bond acceptors (Lipinski definition) is 8. The van der Waals surface area contributed by atoms with Crippen molar-refractivity contribution < 1.29 is 43.1 Å². The third kappa shape index (κ3) is 5.39. The van der Waals surface area contributed by atoms with Crippen molar-refractivity contribution in [3.63, 3.8) is 0 Å². The lowest BCUT2D eigenvalue weighted by atomic mass is 9.89. The fourth-order valence-electron chi connectivity index (χ4n) is 3.84. The van der Waals surface area contributed by atoms with Crippen LogP contribution in [0.15, 0.2) is 30.9 Å². The number of amides is 1. The molecule has 2 heterocycles. The molecule has 1 fully saturated rings. The second-order valence-corrected chi connectivity index (χ2v) is 7.81. The third-order valence-electron chi connectivity index (χ3n) is 5.05. The second-order valence-electron chi connectivity index (χ2n) is 7.81. The normalized spacial score (nSPS) is 23.2. The van der Waals surface area contributed by atoms with Gasteiger partial charge < -0.3 is 33.5 Å². The van der Waals surface area contributed by atoms with Gasteiger partial charge in [0.2, 0.25) is 0 Å². The Balaban J connectivity index is 1.95. The highest BCUT2D eigenvalue weighted by atomic mass is 16.8. The largest absolute Gasteiger partial charge is 0.481 e. The van der Waals surface area contributed by atoms with Crippen LogP contribution in [0.25, 0.3) is 0 Å². The summed E-state index contributed by atoms with van der Waals surface area (Å²) in [6.45, 7) is 7.88. The number of benzene rings is 1. The summed E-state index contributed by atoms with van der Waals surface area (Å²) in [7, 11) is 1.58. The van der Waals surface area contributed by atoms with Crippen LogP contribution in [-0.4, -0.2) is 68.8 Å². The van der Waals surface area contributed by atoms with E-state index in [-0.39, 0.29) is 19.8 Å². The van der Waals surface area contributed by atoms with Gasteiger partial charge in [0.15, 0.2) is 12.6 Å². The topological polar surface area (TPSA) is 113 Å². The lowest BCUT2D eigenvalue weighted by Gasteiger charge is -2.41. The smallest absolute Gasteiger partial charge is 0.414 e. The zero-order valence-corrected chi connectivity index (χ0v) is 18.4. The van der Waals surface area contributed by atoms with Gasteiger partial charge in [-0.25, -0.2) is 4.79 Å². The third-order valence-corrected chi connectivity index (χ3v) is 5.05. The number of hydrogen-bond donors (Lipinski definition) is 1. The molecule has 1 aromatic rings. The van der Waals surface area contributed by atoms with Crippen LogP contribution in [0.4, 0.5) is 10.5 Å². The molecule has 0 aromatic heterocycles. The average molecular weight is 451 g/mol. The molecule has 3 atom stereocenters. The molecule has 1 N–H and O–H groups in total. The molecule has 0 bridgehead atoms. The van der Waals surface area contributed by atoms with E-state index in [1.165, 1.54) is 11.0 Å². The number of anilines is 1. The molecule has 0 spiro atoms. The quantitative estimate of drug-likeness (QED) is 0.326. The van der Waals surface area contributed by atoms with Crippen molar-refractivity contribution >= 4 is 17.7 Å². The molecular weight excluding hydrogens is 422 g/mol. The summed E-state index contributed by atoms with van der Waals surface area (Å²) in [5.41, 5.74) is 1.10. The molecule has 3 rings (SSSR count). The van der Waals surface area contributed by atoms with Crippen LogP contribution in [0.5, 0.6) is 5.75 Å². The molecule has 1 saturated heterocycles. The summed E-state index contributed by atoms with van der Waals surface area (Å²) in [4.78, 5) is 25.9. The van der Waals surface area contributed by atoms with E-state index >= 15 is 0 Å². The molecule has 0 unspecified atom stereocenters. The molecule has 10 nitrogen and oxygen atoms in total. The van der Waals surface area contributed by atoms with Crippen molar-refractivity contribution in [1.29, 1.82) is 0 Å². The van der Waals surface area contributed by atoms with Crippen LogP contribution in [-0.2, 0) is 28.5 Å². The molecular formula is C22H29NO9. The Kier molecular flexibility index (Phi) is 7.73. The summed E-state index contributed by atoms with van der Waals surface area (Å²) < 4.78 is 33.3. The molecule has 0 saturated carbocycles. The van der Waals surface area contributed by atoms with Crippen LogP contribution in [0.1, 0.15) is 31.9 Å². The fourth-order valence-corrected chi connectivity index (χ4v) is 3.84. The highest BCUT2D eigenvalue weighted by molar-refractivity contribution is 5.91. The van der Waals surface area contributed by atoms with E-state index in [1.807, 2.05) is 0 Å². The summed E-state index contributed by atoms with van der Waals surface area (Å²) in [5, 5.41) is 9.51. The average Bonchev–Trinajstić information content (AvgIpc) is 3.07. The van der Waals surface area contributed by atoms with Gasteiger partial charge in [0.05, 0.1) is 31.4 Å². The minimum Gasteiger partial charge on any atom is -0.481 e. The van der Waals surface area contributed by atoms with Crippen molar-refractivity contribution in [3.05, 3.63) is 36.4 Å². The van der Waals surface area contributed by atoms with E-state index < -0.39 is 36.1 Å². The maximum Gasteiger partial charge on any atom is 0.414 e. The van der Waals surface area contributed by atoms with Gasteiger partial charge in [-0.15, -0.1) is 0 Å². The SMILES string of the molecule is C=CCOC(=O)N1c2ccc(OCOCCOC)cc2[C@@H]2OC(C)(C)O[C@H]2[C@@H]1CC(=O)O. The Bertz CT molecular complexity index is 841. The van der Waals surface area contributed by atoms with Crippen LogP contribution >= 0.6 is 0 Å². The zero-order chi connectivity index (χ0) is 23.3. The first kappa shape index (κ1) is 24.0. The first-order valence-corrected chi connectivity index (χ1v) is 10.2. The number of methoxy groups -OCH3 is 1. The predicted octanol–water partition coefficient (Wildman–Crippen LogP) is 2.86. The maximum atomic E-state index is 12.9. The number of aliphatic carboxylic acids is 1. The number of carboxylic acids is 1. The van der Waals surface area contributed by atoms with Crippen molar-refractivity contribution in [2.75, 3.05) is 38.6 Å². The molecule has 176 valence electrons. The second kappa shape index (κ2) is 10.3. The number of ether oxygens (including phenoxy) is 6. The van der Waals surface area contributed by atoms with E-state index in [1.54, 1.807) is 39.2 Å². The highest BCUT2D eigenvalue weighted by Gasteiger charge is 2.54. The van der Waals surface area contributed by atoms with Crippen molar-refractivity contribution in [2.45, 2.75) is 44.3 Å². The van der Waals surface area contributed by atoms with Crippen molar-refractivity contribution in [1.82, 2.24) is 0 Å². The Morgan fingerprint density at radius 1 is 1.28 bits per heavy atom. The Hall–Kier alpha value is -2.66. The molecule has 1 amide bonds. The van der Waals surface area contributed by atoms with Crippen LogP contribution in [0.2, 0.25) is 0 Å². The highest BCUT2D eigenvalue weighted by Crippen LogP contribution is 2.49. The first-order chi connectivity index (χ1) is 15.3. The van der Waals surface area contributed by atoms with Gasteiger partial charge in [-0.05, 0) is 32.0 Å². The molecule has 10 heteroatoms. The first-order valence-electron chi connectivity index (χ1n) is 10.2. The van der Waals surface area contributed by atoms with Crippen molar-refractivity contribution in [2.24, 2.45) is 0 Å². The molecule has 32 heavy (non-hydrogen) atoms. The maximum absolute atomic E-state index is 12.9. The van der Waals surface area contributed by atoms with E-state index in [9.17, 15) is 14.7 Å². The van der Waals surface area contributed by atoms with Crippen LogP contribution in [0, 0.1) is 0 Å². The standard InChI is InChI=1S/C22H29NO9/c1-5-8-29-21(26)23-16-7-6-14(30-13-28-10-9-27-4)11-15(16)19-20(17(23)12-18(24)25)32-22(2,3)31-19/h5-7,11,17,19-20H,1,8-10,12-13H2,2-4H3,(H,24,25)/t17-,19-,20-/m0/s1. The zero-order valence-electron chi connectivity index (χ0n) is 18.4. The number of rotatable bonds is 10. The van der Waals surface area contributed by atoms with Crippen LogP contribution < -0.4 is 9.64 Å². The molecule has 1 aromatic carbocycles. The van der Waals surface area contributed by atoms with Gasteiger partial charge in [-0.3, -0.25) is 9.69 Å². The fraction of sp³-hybridized carbons (Fsp3) is 0.545. The van der Waals surface area contributed by atoms with E-state index in [4.69, 9.17) is 28.4 Å². The Morgan fingerprint density at radius 2 is 2.06 bits per heavy atom. The predicted molar refractivity (Wildman–Crippen MR) is 113 cm³/mol. The molecule has 0 aliphatic carbocycles. The number of carbonyl (C=O) groups is 2. The summed E-state index contributed by atoms with van der Waals surface area (Å²) in [6, 6.07) is 4.26. The monoisotopic (exact) mass is 451 g/mol. The van der Waals surface area contributed by atoms with Gasteiger partial charge >= 0.3 is 12.1 Å². The molecule has 2 aliphatic heterocycles. The number of carbonyl (C=O) groups excluding carboxylic acids is 1. The lowest BCUT2D eigenvalue weighted by molar-refractivity contribution is -0.150. The molecule has 2 aliphatic rings. The lowest BCUT2D eigenvalue weighted by Crippen LogP contribution is -2.53. The Morgan fingerprint density at radius 3 is 2.75 bits per heavy atom. The van der Waals surface area contributed by atoms with Gasteiger partial charge in [0, 0.05) is 12.7 Å². The van der Waals surface area contributed by atoms with Crippen LogP contribution in [0.3, 0.4) is 0 Å². The van der Waals surface area contributed by atoms with Gasteiger partial charge in [-0.1, -0.05) is 12.7 Å². The van der Waals surface area contributed by atoms with E-state index in [0.29, 0.717) is 30.2 Å². The van der Waals surface area contributed by atoms with E-state index in [2.05, 4.69) is 6.58 Å². The van der Waals surface area contributed by atoms with Crippen molar-refractivity contribution in [3.8, 4) is 5.75 Å². The number of nitrogens with zero attached hydrogens (tertiary/aromatic N) is 1. The van der Waals surface area contributed by atoms with Gasteiger partial charge in [-0.2, -0.15) is 0 Å². The summed E-state index contributed by atoms with van der Waals surface area (Å²) in [6.07, 6.45) is -0.893. The number of carboxylic acid groups (broad SMARTS) is 1.